The SMILES string of the molecule is CC1CN(C(=O)c2cn(C)nc2-c2ccc(Cl)s2)CCN1CCO. The smallest absolute Gasteiger partial charge is 0.257 e. The van der Waals surface area contributed by atoms with Crippen molar-refractivity contribution in [3.63, 3.8) is 0 Å². The number of carbonyl (C=O) groups excluding carboxylic acids is 1. The predicted octanol–water partition coefficient (Wildman–Crippen LogP) is 1.94. The molecule has 2 aromatic rings. The standard InChI is InChI=1S/C16H21ClN4O2S/c1-11-9-21(6-5-20(11)7-8-22)16(23)12-10-19(2)18-15(12)13-3-4-14(17)24-13/h3-4,10-11,22H,5-9H2,1-2H3. The Morgan fingerprint density at radius 2 is 2.25 bits per heavy atom. The fourth-order valence-electron chi connectivity index (χ4n) is 3.08. The summed E-state index contributed by atoms with van der Waals surface area (Å²) in [5, 5.41) is 13.6. The molecule has 0 aliphatic carbocycles. The van der Waals surface area contributed by atoms with Gasteiger partial charge in [-0.2, -0.15) is 5.10 Å². The summed E-state index contributed by atoms with van der Waals surface area (Å²) in [6.45, 7) is 4.95. The minimum Gasteiger partial charge on any atom is -0.395 e. The summed E-state index contributed by atoms with van der Waals surface area (Å²) in [7, 11) is 1.82. The molecular formula is C16H21ClN4O2S. The highest BCUT2D eigenvalue weighted by molar-refractivity contribution is 7.19. The second-order valence-corrected chi connectivity index (χ2v) is 7.74. The van der Waals surface area contributed by atoms with E-state index in [9.17, 15) is 4.79 Å². The zero-order valence-corrected chi connectivity index (χ0v) is 15.3. The number of hydrogen-bond donors (Lipinski definition) is 1. The first kappa shape index (κ1) is 17.4. The highest BCUT2D eigenvalue weighted by Gasteiger charge is 2.29. The van der Waals surface area contributed by atoms with Crippen molar-refractivity contribution in [2.75, 3.05) is 32.8 Å². The largest absolute Gasteiger partial charge is 0.395 e. The van der Waals surface area contributed by atoms with Gasteiger partial charge in [0.25, 0.3) is 5.91 Å². The minimum absolute atomic E-state index is 0.00174. The van der Waals surface area contributed by atoms with Gasteiger partial charge in [-0.15, -0.1) is 11.3 Å². The highest BCUT2D eigenvalue weighted by Crippen LogP contribution is 2.32. The minimum atomic E-state index is -0.00174. The molecule has 0 spiro atoms. The van der Waals surface area contributed by atoms with Gasteiger partial charge >= 0.3 is 0 Å². The van der Waals surface area contributed by atoms with Gasteiger partial charge in [0.15, 0.2) is 0 Å². The first-order valence-electron chi connectivity index (χ1n) is 7.93. The van der Waals surface area contributed by atoms with Crippen LogP contribution in [0.25, 0.3) is 10.6 Å². The van der Waals surface area contributed by atoms with Crippen LogP contribution in [-0.4, -0.2) is 69.4 Å². The van der Waals surface area contributed by atoms with Crippen LogP contribution in [0.4, 0.5) is 0 Å². The van der Waals surface area contributed by atoms with Crippen molar-refractivity contribution in [2.24, 2.45) is 7.05 Å². The van der Waals surface area contributed by atoms with Gasteiger partial charge in [0.05, 0.1) is 21.4 Å². The van der Waals surface area contributed by atoms with E-state index in [0.29, 0.717) is 35.2 Å². The number of β-amino-alcohol motifs (C(OH)–C–C–N with tert-alkyl or cyclic N) is 1. The van der Waals surface area contributed by atoms with Gasteiger partial charge in [-0.1, -0.05) is 11.6 Å². The van der Waals surface area contributed by atoms with Crippen LogP contribution in [-0.2, 0) is 7.05 Å². The lowest BCUT2D eigenvalue weighted by Crippen LogP contribution is -2.54. The molecule has 0 saturated carbocycles. The zero-order chi connectivity index (χ0) is 17.3. The van der Waals surface area contributed by atoms with E-state index in [2.05, 4.69) is 16.9 Å². The number of nitrogens with zero attached hydrogens (tertiary/aromatic N) is 4. The molecule has 1 N–H and O–H groups in total. The topological polar surface area (TPSA) is 61.6 Å². The van der Waals surface area contributed by atoms with Crippen molar-refractivity contribution in [3.8, 4) is 10.6 Å². The van der Waals surface area contributed by atoms with Crippen LogP contribution in [0.15, 0.2) is 18.3 Å². The number of aliphatic hydroxyl groups excluding tert-OH is 1. The van der Waals surface area contributed by atoms with Crippen LogP contribution in [0.2, 0.25) is 4.34 Å². The second kappa shape index (κ2) is 7.23. The number of hydrogen-bond acceptors (Lipinski definition) is 5. The first-order valence-corrected chi connectivity index (χ1v) is 9.12. The van der Waals surface area contributed by atoms with Gasteiger partial charge in [-0.05, 0) is 19.1 Å². The number of aryl methyl sites for hydroxylation is 1. The van der Waals surface area contributed by atoms with Gasteiger partial charge in [-0.25, -0.2) is 0 Å². The summed E-state index contributed by atoms with van der Waals surface area (Å²) >= 11 is 7.45. The molecule has 24 heavy (non-hydrogen) atoms. The van der Waals surface area contributed by atoms with E-state index in [0.717, 1.165) is 11.4 Å². The maximum atomic E-state index is 13.0. The Labute approximate surface area is 150 Å². The van der Waals surface area contributed by atoms with E-state index < -0.39 is 0 Å². The van der Waals surface area contributed by atoms with Gasteiger partial charge in [0.2, 0.25) is 0 Å². The van der Waals surface area contributed by atoms with E-state index in [4.69, 9.17) is 16.7 Å². The van der Waals surface area contributed by atoms with Crippen LogP contribution in [0.3, 0.4) is 0 Å². The van der Waals surface area contributed by atoms with Crippen LogP contribution in [0.5, 0.6) is 0 Å². The molecule has 0 bridgehead atoms. The molecular weight excluding hydrogens is 348 g/mol. The summed E-state index contributed by atoms with van der Waals surface area (Å²) in [5.74, 6) is -0.00174. The molecule has 1 aliphatic heterocycles. The lowest BCUT2D eigenvalue weighted by Gasteiger charge is -2.39. The van der Waals surface area contributed by atoms with E-state index in [-0.39, 0.29) is 18.6 Å². The zero-order valence-electron chi connectivity index (χ0n) is 13.8. The number of thiophene rings is 1. The highest BCUT2D eigenvalue weighted by atomic mass is 35.5. The lowest BCUT2D eigenvalue weighted by atomic mass is 10.1. The van der Waals surface area contributed by atoms with Crippen LogP contribution >= 0.6 is 22.9 Å². The quantitative estimate of drug-likeness (QED) is 0.895. The maximum Gasteiger partial charge on any atom is 0.257 e. The molecule has 0 aromatic carbocycles. The Hall–Kier alpha value is -1.41. The Morgan fingerprint density at radius 3 is 2.88 bits per heavy atom. The molecule has 6 nitrogen and oxygen atoms in total. The van der Waals surface area contributed by atoms with Gasteiger partial charge in [0.1, 0.15) is 5.69 Å². The van der Waals surface area contributed by atoms with E-state index in [1.807, 2.05) is 24.1 Å². The summed E-state index contributed by atoms with van der Waals surface area (Å²) < 4.78 is 2.35. The predicted molar refractivity (Wildman–Crippen MR) is 95.6 cm³/mol. The van der Waals surface area contributed by atoms with Crippen molar-refractivity contribution >= 4 is 28.8 Å². The Bertz CT molecular complexity index is 729. The lowest BCUT2D eigenvalue weighted by molar-refractivity contribution is 0.0470. The Balaban J connectivity index is 1.81. The van der Waals surface area contributed by atoms with Crippen LogP contribution in [0.1, 0.15) is 17.3 Å². The molecule has 1 amide bonds. The van der Waals surface area contributed by atoms with Gasteiger partial charge in [-0.3, -0.25) is 14.4 Å². The van der Waals surface area contributed by atoms with Crippen molar-refractivity contribution in [3.05, 3.63) is 28.2 Å². The summed E-state index contributed by atoms with van der Waals surface area (Å²) in [4.78, 5) is 18.0. The number of halogens is 1. The molecule has 0 radical (unpaired) electrons. The van der Waals surface area contributed by atoms with Crippen molar-refractivity contribution < 1.29 is 9.90 Å². The van der Waals surface area contributed by atoms with Crippen LogP contribution in [0, 0.1) is 0 Å². The number of amides is 1. The number of rotatable bonds is 4. The average molecular weight is 369 g/mol. The molecule has 8 heteroatoms. The van der Waals surface area contributed by atoms with Crippen molar-refractivity contribution in [1.29, 1.82) is 0 Å². The second-order valence-electron chi connectivity index (χ2n) is 6.03. The van der Waals surface area contributed by atoms with Gasteiger partial charge < -0.3 is 10.0 Å². The van der Waals surface area contributed by atoms with Crippen molar-refractivity contribution in [1.82, 2.24) is 19.6 Å². The molecule has 1 aliphatic rings. The molecule has 1 fully saturated rings. The molecule has 130 valence electrons. The van der Waals surface area contributed by atoms with Crippen LogP contribution < -0.4 is 0 Å². The Morgan fingerprint density at radius 1 is 1.46 bits per heavy atom. The Kier molecular flexibility index (Phi) is 5.24. The average Bonchev–Trinajstić information content (AvgIpc) is 3.14. The third-order valence-corrected chi connectivity index (χ3v) is 5.54. The number of aliphatic hydroxyl groups is 1. The third-order valence-electron chi connectivity index (χ3n) is 4.31. The number of carbonyl (C=O) groups is 1. The fraction of sp³-hybridized carbons (Fsp3) is 0.500. The fourth-order valence-corrected chi connectivity index (χ4v) is 4.12. The summed E-state index contributed by atoms with van der Waals surface area (Å²) in [6, 6.07) is 3.94. The molecule has 3 rings (SSSR count). The van der Waals surface area contributed by atoms with E-state index in [1.165, 1.54) is 11.3 Å². The molecule has 1 atom stereocenters. The summed E-state index contributed by atoms with van der Waals surface area (Å²) in [5.41, 5.74) is 1.30. The molecule has 3 heterocycles. The third kappa shape index (κ3) is 3.49. The summed E-state index contributed by atoms with van der Waals surface area (Å²) in [6.07, 6.45) is 1.77. The number of piperazine rings is 1. The molecule has 1 unspecified atom stereocenters. The van der Waals surface area contributed by atoms with E-state index >= 15 is 0 Å². The molecule has 2 aromatic heterocycles. The van der Waals surface area contributed by atoms with E-state index in [1.54, 1.807) is 10.9 Å². The number of aromatic nitrogens is 2. The monoisotopic (exact) mass is 368 g/mol. The van der Waals surface area contributed by atoms with Gasteiger partial charge in [0, 0.05) is 45.5 Å². The first-order chi connectivity index (χ1) is 11.5. The van der Waals surface area contributed by atoms with Crippen molar-refractivity contribution in [2.45, 2.75) is 13.0 Å². The maximum absolute atomic E-state index is 13.0. The normalized spacial score (nSPS) is 19.0. The molecule has 1 saturated heterocycles.